The van der Waals surface area contributed by atoms with Crippen LogP contribution in [-0.4, -0.2) is 25.3 Å². The highest BCUT2D eigenvalue weighted by molar-refractivity contribution is 7.89. The van der Waals surface area contributed by atoms with Gasteiger partial charge in [0.15, 0.2) is 0 Å². The topological polar surface area (TPSA) is 63.4 Å². The molecule has 0 fully saturated rings. The van der Waals surface area contributed by atoms with Crippen molar-refractivity contribution in [3.63, 3.8) is 0 Å². The first-order valence-electron chi connectivity index (χ1n) is 7.29. The first-order chi connectivity index (χ1) is 9.71. The highest BCUT2D eigenvalue weighted by Gasteiger charge is 2.27. The second kappa shape index (κ2) is 7.47. The molecule has 0 aromatic heterocycles. The molecule has 1 aromatic rings. The lowest BCUT2D eigenvalue weighted by Crippen LogP contribution is -2.37. The van der Waals surface area contributed by atoms with Gasteiger partial charge in [-0.15, -0.1) is 0 Å². The summed E-state index contributed by atoms with van der Waals surface area (Å²) in [5.74, 6) is 0. The maximum absolute atomic E-state index is 12.8. The van der Waals surface area contributed by atoms with E-state index >= 15 is 0 Å². The Balaban J connectivity index is 3.17. The van der Waals surface area contributed by atoms with E-state index in [1.807, 2.05) is 13.8 Å². The number of sulfonamides is 1. The molecule has 0 radical (unpaired) electrons. The highest BCUT2D eigenvalue weighted by Crippen LogP contribution is 2.29. The SMILES string of the molecule is CCCCCN(C(C)C)S(=O)(=O)c1cc(C)c(Cl)c(N)c1. The Morgan fingerprint density at radius 1 is 1.29 bits per heavy atom. The Kier molecular flexibility index (Phi) is 6.50. The molecule has 0 aliphatic carbocycles. The second-order valence-electron chi connectivity index (χ2n) is 5.56. The van der Waals surface area contributed by atoms with Crippen molar-refractivity contribution >= 4 is 27.3 Å². The molecule has 21 heavy (non-hydrogen) atoms. The van der Waals surface area contributed by atoms with Crippen molar-refractivity contribution < 1.29 is 8.42 Å². The van der Waals surface area contributed by atoms with E-state index in [-0.39, 0.29) is 10.9 Å². The van der Waals surface area contributed by atoms with Crippen LogP contribution in [0, 0.1) is 6.92 Å². The summed E-state index contributed by atoms with van der Waals surface area (Å²) in [5, 5.41) is 0.413. The molecule has 0 heterocycles. The summed E-state index contributed by atoms with van der Waals surface area (Å²) in [6.07, 6.45) is 2.93. The third-order valence-corrected chi connectivity index (χ3v) is 5.99. The quantitative estimate of drug-likeness (QED) is 0.609. The maximum atomic E-state index is 12.8. The molecule has 120 valence electrons. The first-order valence-corrected chi connectivity index (χ1v) is 9.11. The zero-order chi connectivity index (χ0) is 16.2. The van der Waals surface area contributed by atoms with E-state index in [4.69, 9.17) is 17.3 Å². The van der Waals surface area contributed by atoms with Crippen LogP contribution in [0.4, 0.5) is 5.69 Å². The molecule has 0 aliphatic rings. The van der Waals surface area contributed by atoms with Gasteiger partial charge in [0.25, 0.3) is 0 Å². The van der Waals surface area contributed by atoms with Crippen molar-refractivity contribution in [2.45, 2.75) is 57.9 Å². The smallest absolute Gasteiger partial charge is 0.243 e. The van der Waals surface area contributed by atoms with E-state index in [0.717, 1.165) is 19.3 Å². The summed E-state index contributed by atoms with van der Waals surface area (Å²) in [7, 11) is -3.55. The third kappa shape index (κ3) is 4.34. The van der Waals surface area contributed by atoms with Gasteiger partial charge in [-0.3, -0.25) is 0 Å². The molecule has 0 spiro atoms. The lowest BCUT2D eigenvalue weighted by molar-refractivity contribution is 0.345. The van der Waals surface area contributed by atoms with Gasteiger partial charge in [-0.25, -0.2) is 8.42 Å². The maximum Gasteiger partial charge on any atom is 0.243 e. The molecule has 0 bridgehead atoms. The van der Waals surface area contributed by atoms with Crippen LogP contribution < -0.4 is 5.73 Å². The summed E-state index contributed by atoms with van der Waals surface area (Å²) in [6, 6.07) is 2.94. The molecule has 0 atom stereocenters. The van der Waals surface area contributed by atoms with Crippen LogP contribution in [0.15, 0.2) is 17.0 Å². The minimum atomic E-state index is -3.55. The largest absolute Gasteiger partial charge is 0.397 e. The van der Waals surface area contributed by atoms with E-state index in [1.54, 1.807) is 13.0 Å². The average Bonchev–Trinajstić information content (AvgIpc) is 2.39. The van der Waals surface area contributed by atoms with Crippen LogP contribution in [-0.2, 0) is 10.0 Å². The Hall–Kier alpha value is -0.780. The van der Waals surface area contributed by atoms with Crippen molar-refractivity contribution in [2.75, 3.05) is 12.3 Å². The lowest BCUT2D eigenvalue weighted by Gasteiger charge is -2.26. The van der Waals surface area contributed by atoms with Crippen LogP contribution >= 0.6 is 11.6 Å². The second-order valence-corrected chi connectivity index (χ2v) is 7.83. The number of hydrogen-bond donors (Lipinski definition) is 1. The van der Waals surface area contributed by atoms with Crippen LogP contribution in [0.2, 0.25) is 5.02 Å². The van der Waals surface area contributed by atoms with Crippen LogP contribution in [0.1, 0.15) is 45.6 Å². The predicted molar refractivity (Wildman–Crippen MR) is 89.2 cm³/mol. The number of anilines is 1. The Morgan fingerprint density at radius 3 is 2.38 bits per heavy atom. The molecular weight excluding hydrogens is 308 g/mol. The molecule has 0 amide bonds. The Bertz CT molecular complexity index is 562. The number of nitrogens with two attached hydrogens (primary N) is 1. The minimum Gasteiger partial charge on any atom is -0.397 e. The van der Waals surface area contributed by atoms with Crippen molar-refractivity contribution in [3.05, 3.63) is 22.7 Å². The molecule has 0 saturated heterocycles. The summed E-state index contributed by atoms with van der Waals surface area (Å²) in [5.41, 5.74) is 6.77. The van der Waals surface area contributed by atoms with Crippen molar-refractivity contribution in [1.29, 1.82) is 0 Å². The summed E-state index contributed by atoms with van der Waals surface area (Å²) in [4.78, 5) is 0.215. The van der Waals surface area contributed by atoms with E-state index in [0.29, 0.717) is 22.8 Å². The predicted octanol–water partition coefficient (Wildman–Crippen LogP) is 3.82. The van der Waals surface area contributed by atoms with Crippen LogP contribution in [0.3, 0.4) is 0 Å². The lowest BCUT2D eigenvalue weighted by atomic mass is 10.2. The van der Waals surface area contributed by atoms with Gasteiger partial charge in [0.1, 0.15) is 0 Å². The summed E-state index contributed by atoms with van der Waals surface area (Å²) >= 11 is 6.01. The number of rotatable bonds is 7. The van der Waals surface area contributed by atoms with Crippen LogP contribution in [0.25, 0.3) is 0 Å². The van der Waals surface area contributed by atoms with Gasteiger partial charge in [-0.2, -0.15) is 4.31 Å². The average molecular weight is 333 g/mol. The van der Waals surface area contributed by atoms with Crippen LogP contribution in [0.5, 0.6) is 0 Å². The van der Waals surface area contributed by atoms with Gasteiger partial charge in [-0.05, 0) is 44.9 Å². The van der Waals surface area contributed by atoms with Gasteiger partial charge < -0.3 is 5.73 Å². The molecule has 1 aromatic carbocycles. The van der Waals surface area contributed by atoms with E-state index in [1.165, 1.54) is 10.4 Å². The number of nitrogens with zero attached hydrogens (tertiary/aromatic N) is 1. The van der Waals surface area contributed by atoms with E-state index < -0.39 is 10.0 Å². The number of benzene rings is 1. The molecule has 0 aliphatic heterocycles. The van der Waals surface area contributed by atoms with Crippen molar-refractivity contribution in [3.8, 4) is 0 Å². The number of hydrogen-bond acceptors (Lipinski definition) is 3. The van der Waals surface area contributed by atoms with Crippen molar-refractivity contribution in [2.24, 2.45) is 0 Å². The first kappa shape index (κ1) is 18.3. The molecule has 1 rings (SSSR count). The van der Waals surface area contributed by atoms with Gasteiger partial charge in [0.2, 0.25) is 10.0 Å². The highest BCUT2D eigenvalue weighted by atomic mass is 35.5. The zero-order valence-corrected chi connectivity index (χ0v) is 14.8. The number of nitrogen functional groups attached to an aromatic ring is 1. The minimum absolute atomic E-state index is 0.0935. The fourth-order valence-electron chi connectivity index (χ4n) is 2.22. The molecule has 6 heteroatoms. The van der Waals surface area contributed by atoms with E-state index in [9.17, 15) is 8.42 Å². The van der Waals surface area contributed by atoms with Gasteiger partial charge in [0, 0.05) is 12.6 Å². The third-order valence-electron chi connectivity index (χ3n) is 3.42. The molecule has 4 nitrogen and oxygen atoms in total. The van der Waals surface area contributed by atoms with Gasteiger partial charge >= 0.3 is 0 Å². The summed E-state index contributed by atoms with van der Waals surface area (Å²) < 4.78 is 27.2. The molecule has 2 N–H and O–H groups in total. The number of aryl methyl sites for hydroxylation is 1. The molecular formula is C15H25ClN2O2S. The standard InChI is InChI=1S/C15H25ClN2O2S/c1-5-6-7-8-18(11(2)3)21(19,20)13-9-12(4)15(16)14(17)10-13/h9-11H,5-8,17H2,1-4H3. The summed E-state index contributed by atoms with van der Waals surface area (Å²) in [6.45, 7) is 8.15. The van der Waals surface area contributed by atoms with Gasteiger partial charge in [-0.1, -0.05) is 31.4 Å². The fraction of sp³-hybridized carbons (Fsp3) is 0.600. The normalized spacial score (nSPS) is 12.3. The number of unbranched alkanes of at least 4 members (excludes halogenated alkanes) is 2. The Morgan fingerprint density at radius 2 is 1.90 bits per heavy atom. The van der Waals surface area contributed by atoms with E-state index in [2.05, 4.69) is 6.92 Å². The monoisotopic (exact) mass is 332 g/mol. The van der Waals surface area contributed by atoms with Gasteiger partial charge in [0.05, 0.1) is 15.6 Å². The Labute approximate surface area is 133 Å². The van der Waals surface area contributed by atoms with Crippen molar-refractivity contribution in [1.82, 2.24) is 4.31 Å². The molecule has 0 saturated carbocycles. The zero-order valence-electron chi connectivity index (χ0n) is 13.2. The number of halogens is 1. The molecule has 0 unspecified atom stereocenters. The fourth-order valence-corrected chi connectivity index (χ4v) is 4.13.